The Kier molecular flexibility index (Phi) is 5.35. The van der Waals surface area contributed by atoms with Gasteiger partial charge in [-0.2, -0.15) is 5.10 Å². The fourth-order valence-corrected chi connectivity index (χ4v) is 3.30. The third-order valence-electron chi connectivity index (χ3n) is 4.94. The van der Waals surface area contributed by atoms with E-state index in [9.17, 15) is 4.79 Å². The predicted octanol–water partition coefficient (Wildman–Crippen LogP) is 5.79. The largest absolute Gasteiger partial charge is 0.339 e. The lowest BCUT2D eigenvalue weighted by Crippen LogP contribution is -2.15. The van der Waals surface area contributed by atoms with E-state index < -0.39 is 0 Å². The predicted molar refractivity (Wildman–Crippen MR) is 122 cm³/mol. The quantitative estimate of drug-likeness (QED) is 0.449. The number of carbonyl (C=O) groups excluding carboxylic acids is 1. The molecule has 4 aromatic rings. The van der Waals surface area contributed by atoms with Crippen LogP contribution in [-0.4, -0.2) is 15.7 Å². The van der Waals surface area contributed by atoms with E-state index in [0.29, 0.717) is 5.56 Å². The van der Waals surface area contributed by atoms with Crippen LogP contribution in [0.3, 0.4) is 0 Å². The van der Waals surface area contributed by atoms with Gasteiger partial charge in [0.05, 0.1) is 22.6 Å². The number of hydrogen-bond acceptors (Lipinski definition) is 3. The fraction of sp³-hybridized carbons (Fsp3) is 0.120. The highest BCUT2D eigenvalue weighted by Crippen LogP contribution is 2.25. The Morgan fingerprint density at radius 2 is 1.50 bits per heavy atom. The minimum Gasteiger partial charge on any atom is -0.339 e. The van der Waals surface area contributed by atoms with Crippen LogP contribution < -0.4 is 10.6 Å². The van der Waals surface area contributed by atoms with E-state index >= 15 is 0 Å². The highest BCUT2D eigenvalue weighted by molar-refractivity contribution is 6.08. The Balaban J connectivity index is 1.65. The molecular formula is C25H24N4O. The van der Waals surface area contributed by atoms with Crippen LogP contribution in [0.4, 0.5) is 17.2 Å². The molecule has 0 unspecified atom stereocenters. The molecule has 0 bridgehead atoms. The maximum absolute atomic E-state index is 13.0. The van der Waals surface area contributed by atoms with Crippen LogP contribution >= 0.6 is 0 Å². The summed E-state index contributed by atoms with van der Waals surface area (Å²) in [5, 5.41) is 11.0. The molecule has 0 aliphatic carbocycles. The zero-order chi connectivity index (χ0) is 21.1. The molecule has 30 heavy (non-hydrogen) atoms. The molecule has 0 saturated carbocycles. The number of anilines is 3. The maximum Gasteiger partial charge on any atom is 0.257 e. The molecule has 0 aliphatic rings. The first-order chi connectivity index (χ1) is 14.5. The molecule has 0 atom stereocenters. The maximum atomic E-state index is 13.0. The minimum absolute atomic E-state index is 0.162. The monoisotopic (exact) mass is 396 g/mol. The summed E-state index contributed by atoms with van der Waals surface area (Å²) in [6, 6.07) is 25.4. The van der Waals surface area contributed by atoms with E-state index in [-0.39, 0.29) is 5.91 Å². The molecule has 1 heterocycles. The van der Waals surface area contributed by atoms with E-state index in [1.165, 1.54) is 5.56 Å². The second-order valence-corrected chi connectivity index (χ2v) is 7.36. The Bertz CT molecular complexity index is 1190. The number of hydrogen-bond donors (Lipinski definition) is 2. The van der Waals surface area contributed by atoms with Crippen LogP contribution in [-0.2, 0) is 0 Å². The average Bonchev–Trinajstić information content (AvgIpc) is 3.10. The van der Waals surface area contributed by atoms with Crippen molar-refractivity contribution in [2.24, 2.45) is 0 Å². The highest BCUT2D eigenvalue weighted by atomic mass is 16.1. The highest BCUT2D eigenvalue weighted by Gasteiger charge is 2.15. The smallest absolute Gasteiger partial charge is 0.257 e. The summed E-state index contributed by atoms with van der Waals surface area (Å²) in [5.74, 6) is 0.637. The lowest BCUT2D eigenvalue weighted by atomic mass is 10.1. The minimum atomic E-state index is -0.162. The molecule has 5 heteroatoms. The molecule has 4 rings (SSSR count). The number of amides is 1. The normalized spacial score (nSPS) is 10.6. The summed E-state index contributed by atoms with van der Waals surface area (Å²) in [7, 11) is 0. The zero-order valence-corrected chi connectivity index (χ0v) is 17.3. The van der Waals surface area contributed by atoms with Crippen molar-refractivity contribution in [2.75, 3.05) is 10.6 Å². The van der Waals surface area contributed by atoms with Crippen LogP contribution in [0.25, 0.3) is 5.69 Å². The molecular weight excluding hydrogens is 372 g/mol. The molecule has 3 aromatic carbocycles. The lowest BCUT2D eigenvalue weighted by molar-refractivity contribution is 0.102. The fourth-order valence-electron chi connectivity index (χ4n) is 3.30. The van der Waals surface area contributed by atoms with Crippen LogP contribution in [0, 0.1) is 20.8 Å². The first-order valence-corrected chi connectivity index (χ1v) is 9.88. The summed E-state index contributed by atoms with van der Waals surface area (Å²) in [6.45, 7) is 5.98. The summed E-state index contributed by atoms with van der Waals surface area (Å²) in [5.41, 5.74) is 6.14. The summed E-state index contributed by atoms with van der Waals surface area (Å²) in [6.07, 6.45) is 0. The summed E-state index contributed by atoms with van der Waals surface area (Å²) < 4.78 is 1.85. The van der Waals surface area contributed by atoms with Gasteiger partial charge >= 0.3 is 0 Å². The number of aryl methyl sites for hydroxylation is 3. The van der Waals surface area contributed by atoms with Gasteiger partial charge in [-0.3, -0.25) is 4.79 Å². The third kappa shape index (κ3) is 4.10. The van der Waals surface area contributed by atoms with Gasteiger partial charge in [0, 0.05) is 11.8 Å². The van der Waals surface area contributed by atoms with Crippen molar-refractivity contribution < 1.29 is 4.79 Å². The van der Waals surface area contributed by atoms with Crippen molar-refractivity contribution in [2.45, 2.75) is 20.8 Å². The number of nitrogens with zero attached hydrogens (tertiary/aromatic N) is 2. The van der Waals surface area contributed by atoms with Crippen molar-refractivity contribution in [3.8, 4) is 5.69 Å². The van der Waals surface area contributed by atoms with Gasteiger partial charge in [0.25, 0.3) is 5.91 Å². The summed E-state index contributed by atoms with van der Waals surface area (Å²) >= 11 is 0. The van der Waals surface area contributed by atoms with Crippen LogP contribution in [0.2, 0.25) is 0 Å². The van der Waals surface area contributed by atoms with Gasteiger partial charge in [-0.15, -0.1) is 0 Å². The number of carbonyl (C=O) groups is 1. The van der Waals surface area contributed by atoms with Gasteiger partial charge in [0.1, 0.15) is 5.82 Å². The molecule has 0 saturated heterocycles. The van der Waals surface area contributed by atoms with Crippen LogP contribution in [0.1, 0.15) is 27.2 Å². The van der Waals surface area contributed by atoms with Gasteiger partial charge < -0.3 is 10.6 Å². The molecule has 1 aromatic heterocycles. The first kappa shape index (κ1) is 19.5. The SMILES string of the molecule is Cc1ccc(-n2nc(C)cc2Nc2ccccc2C(=O)Nc2ccccc2C)cc1. The standard InChI is InChI=1S/C25H24N4O/c1-17-12-14-20(15-13-17)29-24(16-19(3)28-29)26-23-11-7-5-9-21(23)25(30)27-22-10-6-4-8-18(22)2/h4-16,26H,1-3H3,(H,27,30). The van der Waals surface area contributed by atoms with Crippen molar-refractivity contribution in [3.63, 3.8) is 0 Å². The van der Waals surface area contributed by atoms with Crippen molar-refractivity contribution >= 4 is 23.1 Å². The van der Waals surface area contributed by atoms with E-state index in [0.717, 1.165) is 34.1 Å². The molecule has 0 aliphatic heterocycles. The molecule has 5 nitrogen and oxygen atoms in total. The van der Waals surface area contributed by atoms with Crippen LogP contribution in [0.5, 0.6) is 0 Å². The average molecular weight is 396 g/mol. The number of benzene rings is 3. The Labute approximate surface area is 176 Å². The zero-order valence-electron chi connectivity index (χ0n) is 17.3. The van der Waals surface area contributed by atoms with Crippen LogP contribution in [0.15, 0.2) is 78.9 Å². The Morgan fingerprint density at radius 1 is 0.833 bits per heavy atom. The molecule has 0 fully saturated rings. The van der Waals surface area contributed by atoms with E-state index in [4.69, 9.17) is 0 Å². The molecule has 0 spiro atoms. The Hall–Kier alpha value is -3.86. The van der Waals surface area contributed by atoms with Gasteiger partial charge in [0.15, 0.2) is 0 Å². The number of para-hydroxylation sites is 2. The lowest BCUT2D eigenvalue weighted by Gasteiger charge is -2.14. The second kappa shape index (κ2) is 8.25. The Morgan fingerprint density at radius 3 is 2.23 bits per heavy atom. The first-order valence-electron chi connectivity index (χ1n) is 9.88. The molecule has 150 valence electrons. The van der Waals surface area contributed by atoms with Crippen molar-refractivity contribution in [3.05, 3.63) is 101 Å². The number of aromatic nitrogens is 2. The third-order valence-corrected chi connectivity index (χ3v) is 4.94. The molecule has 2 N–H and O–H groups in total. The van der Waals surface area contributed by atoms with E-state index in [1.54, 1.807) is 0 Å². The summed E-state index contributed by atoms with van der Waals surface area (Å²) in [4.78, 5) is 13.0. The number of nitrogens with one attached hydrogen (secondary N) is 2. The van der Waals surface area contributed by atoms with Gasteiger partial charge in [-0.1, -0.05) is 48.0 Å². The van der Waals surface area contributed by atoms with Crippen molar-refractivity contribution in [1.82, 2.24) is 9.78 Å². The molecule has 1 amide bonds. The second-order valence-electron chi connectivity index (χ2n) is 7.36. The van der Waals surface area contributed by atoms with E-state index in [2.05, 4.69) is 34.8 Å². The van der Waals surface area contributed by atoms with Crippen molar-refractivity contribution in [1.29, 1.82) is 0 Å². The number of rotatable bonds is 5. The topological polar surface area (TPSA) is 59.0 Å². The van der Waals surface area contributed by atoms with Gasteiger partial charge in [0.2, 0.25) is 0 Å². The van der Waals surface area contributed by atoms with Gasteiger partial charge in [-0.05, 0) is 56.7 Å². The van der Waals surface area contributed by atoms with Gasteiger partial charge in [-0.25, -0.2) is 4.68 Å². The molecule has 0 radical (unpaired) electrons. The van der Waals surface area contributed by atoms with E-state index in [1.807, 2.05) is 85.3 Å².